The van der Waals surface area contributed by atoms with Crippen molar-refractivity contribution >= 4 is 27.4 Å². The Labute approximate surface area is 160 Å². The molecule has 2 N–H and O–H groups in total. The van der Waals surface area contributed by atoms with Crippen LogP contribution in [0.25, 0.3) is 0 Å². The highest BCUT2D eigenvalue weighted by molar-refractivity contribution is 7.92. The molecule has 27 heavy (non-hydrogen) atoms. The van der Waals surface area contributed by atoms with Crippen LogP contribution in [0.3, 0.4) is 0 Å². The maximum Gasteiger partial charge on any atom is 0.263 e. The van der Waals surface area contributed by atoms with Crippen molar-refractivity contribution < 1.29 is 13.2 Å². The molecule has 1 aliphatic rings. The minimum absolute atomic E-state index is 0.0252. The van der Waals surface area contributed by atoms with Gasteiger partial charge in [-0.1, -0.05) is 38.2 Å². The lowest BCUT2D eigenvalue weighted by molar-refractivity contribution is -0.116. The van der Waals surface area contributed by atoms with Gasteiger partial charge in [0, 0.05) is 18.3 Å². The normalized spacial score (nSPS) is 15.3. The summed E-state index contributed by atoms with van der Waals surface area (Å²) >= 11 is 0. The van der Waals surface area contributed by atoms with Gasteiger partial charge in [-0.15, -0.1) is 0 Å². The molecule has 1 heterocycles. The van der Waals surface area contributed by atoms with Crippen LogP contribution >= 0.6 is 0 Å². The van der Waals surface area contributed by atoms with Gasteiger partial charge in [-0.2, -0.15) is 0 Å². The molecule has 2 aromatic rings. The fourth-order valence-corrected chi connectivity index (χ4v) is 4.38. The average Bonchev–Trinajstić information content (AvgIpc) is 2.68. The van der Waals surface area contributed by atoms with Crippen LogP contribution in [0.4, 0.5) is 11.5 Å². The van der Waals surface area contributed by atoms with E-state index in [4.69, 9.17) is 0 Å². The third-order valence-corrected chi connectivity index (χ3v) is 6.23. The summed E-state index contributed by atoms with van der Waals surface area (Å²) in [6.07, 6.45) is 9.25. The van der Waals surface area contributed by atoms with Crippen LogP contribution in [-0.4, -0.2) is 19.3 Å². The van der Waals surface area contributed by atoms with Gasteiger partial charge in [0.15, 0.2) is 0 Å². The molecule has 144 valence electrons. The Morgan fingerprint density at radius 3 is 2.44 bits per heavy atom. The third kappa shape index (κ3) is 5.79. The zero-order chi connectivity index (χ0) is 19.1. The summed E-state index contributed by atoms with van der Waals surface area (Å²) in [6, 6.07) is 11.2. The first-order valence-electron chi connectivity index (χ1n) is 9.37. The Hall–Kier alpha value is -2.41. The smallest absolute Gasteiger partial charge is 0.263 e. The molecule has 0 radical (unpaired) electrons. The van der Waals surface area contributed by atoms with Gasteiger partial charge < -0.3 is 5.32 Å². The van der Waals surface area contributed by atoms with Crippen molar-refractivity contribution in [3.63, 3.8) is 0 Å². The number of sulfonamides is 1. The van der Waals surface area contributed by atoms with Gasteiger partial charge in [-0.25, -0.2) is 13.4 Å². The van der Waals surface area contributed by atoms with E-state index in [-0.39, 0.29) is 16.6 Å². The standard InChI is InChI=1S/C20H25N3O3S/c24-20(14-9-16-6-2-1-3-7-16)22-17-10-12-18(13-11-17)27(25,26)23-19-8-4-5-15-21-19/h4-5,8,10-13,15-16H,1-3,6-7,9,14H2,(H,21,23)(H,22,24). The van der Waals surface area contributed by atoms with Gasteiger partial charge >= 0.3 is 0 Å². The summed E-state index contributed by atoms with van der Waals surface area (Å²) in [5.41, 5.74) is 0.598. The van der Waals surface area contributed by atoms with Gasteiger partial charge in [0.25, 0.3) is 10.0 Å². The number of aromatic nitrogens is 1. The molecule has 1 saturated carbocycles. The van der Waals surface area contributed by atoms with Gasteiger partial charge in [0.1, 0.15) is 5.82 Å². The molecule has 0 aliphatic heterocycles. The fraction of sp³-hybridized carbons (Fsp3) is 0.400. The van der Waals surface area contributed by atoms with Crippen LogP contribution in [0.15, 0.2) is 53.6 Å². The summed E-state index contributed by atoms with van der Waals surface area (Å²) in [7, 11) is -3.71. The summed E-state index contributed by atoms with van der Waals surface area (Å²) < 4.78 is 27.2. The van der Waals surface area contributed by atoms with Crippen molar-refractivity contribution in [3.8, 4) is 0 Å². The van der Waals surface area contributed by atoms with Crippen LogP contribution in [0.2, 0.25) is 0 Å². The summed E-state index contributed by atoms with van der Waals surface area (Å²) in [6.45, 7) is 0. The van der Waals surface area contributed by atoms with Gasteiger partial charge in [-0.05, 0) is 48.7 Å². The van der Waals surface area contributed by atoms with Crippen molar-refractivity contribution in [1.29, 1.82) is 0 Å². The molecule has 6 nitrogen and oxygen atoms in total. The van der Waals surface area contributed by atoms with Gasteiger partial charge in [0.05, 0.1) is 4.90 Å². The van der Waals surface area contributed by atoms with Crippen LogP contribution in [0.5, 0.6) is 0 Å². The lowest BCUT2D eigenvalue weighted by Gasteiger charge is -2.21. The fourth-order valence-electron chi connectivity index (χ4n) is 3.37. The first-order valence-corrected chi connectivity index (χ1v) is 10.8. The Balaban J connectivity index is 1.54. The molecule has 1 aromatic heterocycles. The van der Waals surface area contributed by atoms with E-state index < -0.39 is 10.0 Å². The van der Waals surface area contributed by atoms with Gasteiger partial charge in [-0.3, -0.25) is 9.52 Å². The predicted molar refractivity (Wildman–Crippen MR) is 106 cm³/mol. The molecule has 0 spiro atoms. The summed E-state index contributed by atoms with van der Waals surface area (Å²) in [4.78, 5) is 16.2. The zero-order valence-corrected chi connectivity index (χ0v) is 16.0. The van der Waals surface area contributed by atoms with Crippen LogP contribution < -0.4 is 10.0 Å². The number of hydrogen-bond acceptors (Lipinski definition) is 4. The minimum atomic E-state index is -3.71. The maximum atomic E-state index is 12.4. The highest BCUT2D eigenvalue weighted by Crippen LogP contribution is 2.27. The third-order valence-electron chi connectivity index (χ3n) is 4.86. The molecule has 7 heteroatoms. The number of anilines is 2. The number of nitrogens with one attached hydrogen (secondary N) is 2. The summed E-state index contributed by atoms with van der Waals surface area (Å²) in [5.74, 6) is 0.898. The molecular formula is C20H25N3O3S. The second-order valence-electron chi connectivity index (χ2n) is 6.94. The highest BCUT2D eigenvalue weighted by atomic mass is 32.2. The van der Waals surface area contributed by atoms with E-state index >= 15 is 0 Å². The Kier molecular flexibility index (Phi) is 6.45. The van der Waals surface area contributed by atoms with Crippen molar-refractivity contribution in [3.05, 3.63) is 48.7 Å². The molecule has 0 bridgehead atoms. The monoisotopic (exact) mass is 387 g/mol. The topological polar surface area (TPSA) is 88.2 Å². The van der Waals surface area contributed by atoms with E-state index in [0.717, 1.165) is 6.42 Å². The lowest BCUT2D eigenvalue weighted by atomic mass is 9.86. The first kappa shape index (κ1) is 19.4. The van der Waals surface area contributed by atoms with Crippen molar-refractivity contribution in [2.24, 2.45) is 5.92 Å². The minimum Gasteiger partial charge on any atom is -0.326 e. The number of benzene rings is 1. The predicted octanol–water partition coefficient (Wildman–Crippen LogP) is 4.18. The first-order chi connectivity index (χ1) is 13.0. The quantitative estimate of drug-likeness (QED) is 0.746. The Morgan fingerprint density at radius 2 is 1.78 bits per heavy atom. The Morgan fingerprint density at radius 1 is 1.04 bits per heavy atom. The van der Waals surface area contributed by atoms with Crippen molar-refractivity contribution in [1.82, 2.24) is 4.98 Å². The second-order valence-corrected chi connectivity index (χ2v) is 8.62. The lowest BCUT2D eigenvalue weighted by Crippen LogP contribution is -2.15. The number of rotatable bonds is 7. The molecule has 1 fully saturated rings. The molecule has 1 amide bonds. The van der Waals surface area contributed by atoms with E-state index in [1.807, 2.05) is 0 Å². The van der Waals surface area contributed by atoms with Crippen LogP contribution in [0, 0.1) is 5.92 Å². The van der Waals surface area contributed by atoms with E-state index in [9.17, 15) is 13.2 Å². The van der Waals surface area contributed by atoms with Gasteiger partial charge in [0.2, 0.25) is 5.91 Å². The van der Waals surface area contributed by atoms with Crippen molar-refractivity contribution in [2.75, 3.05) is 10.0 Å². The average molecular weight is 388 g/mol. The molecular weight excluding hydrogens is 362 g/mol. The van der Waals surface area contributed by atoms with Crippen LogP contribution in [-0.2, 0) is 14.8 Å². The van der Waals surface area contributed by atoms with Crippen molar-refractivity contribution in [2.45, 2.75) is 49.8 Å². The summed E-state index contributed by atoms with van der Waals surface area (Å²) in [5, 5.41) is 2.84. The number of carbonyl (C=O) groups is 1. The molecule has 1 aromatic carbocycles. The number of pyridine rings is 1. The maximum absolute atomic E-state index is 12.4. The SMILES string of the molecule is O=C(CCC1CCCCC1)Nc1ccc(S(=O)(=O)Nc2ccccn2)cc1. The van der Waals surface area contributed by atoms with Crippen LogP contribution in [0.1, 0.15) is 44.9 Å². The number of carbonyl (C=O) groups excluding carboxylic acids is 1. The highest BCUT2D eigenvalue weighted by Gasteiger charge is 2.16. The second kappa shape index (κ2) is 8.99. The molecule has 0 saturated heterocycles. The van der Waals surface area contributed by atoms with E-state index in [1.165, 1.54) is 50.4 Å². The number of amides is 1. The molecule has 0 atom stereocenters. The molecule has 0 unspecified atom stereocenters. The van der Waals surface area contributed by atoms with E-state index in [2.05, 4.69) is 15.0 Å². The largest absolute Gasteiger partial charge is 0.326 e. The zero-order valence-electron chi connectivity index (χ0n) is 15.2. The van der Waals surface area contributed by atoms with E-state index in [0.29, 0.717) is 18.0 Å². The molecule has 1 aliphatic carbocycles. The number of hydrogen-bond donors (Lipinski definition) is 2. The molecule has 3 rings (SSSR count). The van der Waals surface area contributed by atoms with E-state index in [1.54, 1.807) is 30.3 Å². The number of nitrogens with zero attached hydrogens (tertiary/aromatic N) is 1. The Bertz CT molecular complexity index is 846.